The van der Waals surface area contributed by atoms with Crippen LogP contribution >= 0.6 is 0 Å². The molecule has 0 spiro atoms. The lowest BCUT2D eigenvalue weighted by Gasteiger charge is -2.25. The summed E-state index contributed by atoms with van der Waals surface area (Å²) in [6.07, 6.45) is 6.28. The molecule has 0 unspecified atom stereocenters. The van der Waals surface area contributed by atoms with Crippen LogP contribution in [0.4, 0.5) is 0 Å². The van der Waals surface area contributed by atoms with E-state index in [2.05, 4.69) is 0 Å². The Morgan fingerprint density at radius 3 is 2.45 bits per heavy atom. The minimum absolute atomic E-state index is 0.480. The molecule has 0 bridgehead atoms. The van der Waals surface area contributed by atoms with E-state index in [1.54, 1.807) is 7.11 Å². The number of rotatable bonds is 3. The lowest BCUT2D eigenvalue weighted by molar-refractivity contribution is 0.163. The van der Waals surface area contributed by atoms with E-state index >= 15 is 0 Å². The molecule has 1 aliphatic rings. The smallest absolute Gasteiger partial charge is 0.0464 e. The standard InChI is InChI=1S/C9H19NO/c1-11-7-6-8-2-4-9(10)5-3-8/h8-9H,2-7,10H2,1H3. The lowest BCUT2D eigenvalue weighted by atomic mass is 9.85. The van der Waals surface area contributed by atoms with Crippen molar-refractivity contribution in [1.29, 1.82) is 0 Å². The van der Waals surface area contributed by atoms with E-state index in [4.69, 9.17) is 10.5 Å². The largest absolute Gasteiger partial charge is 0.385 e. The fourth-order valence-corrected chi connectivity index (χ4v) is 1.76. The predicted molar refractivity (Wildman–Crippen MR) is 46.4 cm³/mol. The molecule has 0 amide bonds. The van der Waals surface area contributed by atoms with Crippen LogP contribution in [0.1, 0.15) is 32.1 Å². The maximum Gasteiger partial charge on any atom is 0.0464 e. The van der Waals surface area contributed by atoms with Crippen molar-refractivity contribution in [1.82, 2.24) is 0 Å². The quantitative estimate of drug-likeness (QED) is 0.674. The van der Waals surface area contributed by atoms with Gasteiger partial charge in [0.25, 0.3) is 0 Å². The summed E-state index contributed by atoms with van der Waals surface area (Å²) in [6, 6.07) is 0.480. The van der Waals surface area contributed by atoms with Gasteiger partial charge in [0.15, 0.2) is 0 Å². The summed E-state index contributed by atoms with van der Waals surface area (Å²) < 4.78 is 5.04. The summed E-state index contributed by atoms with van der Waals surface area (Å²) in [7, 11) is 1.77. The third-order valence-corrected chi connectivity index (χ3v) is 2.62. The summed E-state index contributed by atoms with van der Waals surface area (Å²) in [5.74, 6) is 0.884. The van der Waals surface area contributed by atoms with Crippen LogP contribution in [0.5, 0.6) is 0 Å². The Bertz CT molecular complexity index is 95.0. The topological polar surface area (TPSA) is 35.2 Å². The maximum absolute atomic E-state index is 5.79. The highest BCUT2D eigenvalue weighted by Crippen LogP contribution is 2.25. The third-order valence-electron chi connectivity index (χ3n) is 2.62. The van der Waals surface area contributed by atoms with E-state index in [0.717, 1.165) is 12.5 Å². The number of methoxy groups -OCH3 is 1. The molecule has 0 saturated heterocycles. The van der Waals surface area contributed by atoms with Gasteiger partial charge in [-0.25, -0.2) is 0 Å². The van der Waals surface area contributed by atoms with E-state index in [1.807, 2.05) is 0 Å². The van der Waals surface area contributed by atoms with E-state index in [1.165, 1.54) is 32.1 Å². The van der Waals surface area contributed by atoms with Gasteiger partial charge in [0, 0.05) is 19.8 Å². The predicted octanol–water partition coefficient (Wildman–Crippen LogP) is 1.54. The average molecular weight is 157 g/mol. The Labute approximate surface area is 69.1 Å². The van der Waals surface area contributed by atoms with Crippen LogP contribution in [-0.4, -0.2) is 19.8 Å². The van der Waals surface area contributed by atoms with Crippen LogP contribution in [-0.2, 0) is 4.74 Å². The minimum atomic E-state index is 0.480. The molecule has 2 nitrogen and oxygen atoms in total. The molecule has 0 aromatic rings. The van der Waals surface area contributed by atoms with Crippen molar-refractivity contribution in [3.05, 3.63) is 0 Å². The summed E-state index contributed by atoms with van der Waals surface area (Å²) >= 11 is 0. The lowest BCUT2D eigenvalue weighted by Crippen LogP contribution is -2.26. The molecule has 1 saturated carbocycles. The van der Waals surface area contributed by atoms with Crippen LogP contribution in [0.15, 0.2) is 0 Å². The Balaban J connectivity index is 2.07. The first-order valence-corrected chi connectivity index (χ1v) is 4.57. The van der Waals surface area contributed by atoms with Crippen LogP contribution < -0.4 is 5.73 Å². The van der Waals surface area contributed by atoms with Gasteiger partial charge in [0.2, 0.25) is 0 Å². The summed E-state index contributed by atoms with van der Waals surface area (Å²) in [5.41, 5.74) is 5.79. The highest BCUT2D eigenvalue weighted by molar-refractivity contribution is 4.73. The first-order chi connectivity index (χ1) is 5.33. The van der Waals surface area contributed by atoms with Crippen molar-refractivity contribution in [3.8, 4) is 0 Å². The number of hydrogen-bond acceptors (Lipinski definition) is 2. The fraction of sp³-hybridized carbons (Fsp3) is 1.00. The van der Waals surface area contributed by atoms with Crippen molar-refractivity contribution in [2.45, 2.75) is 38.1 Å². The second-order valence-electron chi connectivity index (χ2n) is 3.56. The molecular weight excluding hydrogens is 138 g/mol. The first-order valence-electron chi connectivity index (χ1n) is 4.57. The van der Waals surface area contributed by atoms with Crippen molar-refractivity contribution in [3.63, 3.8) is 0 Å². The minimum Gasteiger partial charge on any atom is -0.385 e. The van der Waals surface area contributed by atoms with E-state index in [-0.39, 0.29) is 0 Å². The van der Waals surface area contributed by atoms with Crippen molar-refractivity contribution in [2.24, 2.45) is 11.7 Å². The Hall–Kier alpha value is -0.0800. The highest BCUT2D eigenvalue weighted by atomic mass is 16.5. The molecule has 11 heavy (non-hydrogen) atoms. The molecule has 2 heteroatoms. The number of nitrogens with two attached hydrogens (primary N) is 1. The normalized spacial score (nSPS) is 32.2. The van der Waals surface area contributed by atoms with Gasteiger partial charge in [0.05, 0.1) is 0 Å². The van der Waals surface area contributed by atoms with Crippen LogP contribution in [0.3, 0.4) is 0 Å². The second-order valence-corrected chi connectivity index (χ2v) is 3.56. The summed E-state index contributed by atoms with van der Waals surface area (Å²) in [4.78, 5) is 0. The molecule has 0 radical (unpaired) electrons. The van der Waals surface area contributed by atoms with Crippen LogP contribution in [0, 0.1) is 5.92 Å². The Kier molecular flexibility index (Phi) is 3.87. The average Bonchev–Trinajstić information content (AvgIpc) is 2.04. The van der Waals surface area contributed by atoms with E-state index in [9.17, 15) is 0 Å². The maximum atomic E-state index is 5.79. The first kappa shape index (κ1) is 9.01. The molecule has 0 aliphatic heterocycles. The molecule has 0 aromatic carbocycles. The van der Waals surface area contributed by atoms with Crippen molar-refractivity contribution < 1.29 is 4.74 Å². The zero-order valence-electron chi connectivity index (χ0n) is 7.38. The summed E-state index contributed by atoms with van der Waals surface area (Å²) in [5, 5.41) is 0. The van der Waals surface area contributed by atoms with Gasteiger partial charge in [-0.1, -0.05) is 0 Å². The highest BCUT2D eigenvalue weighted by Gasteiger charge is 2.17. The SMILES string of the molecule is COCCC1CCC(N)CC1. The Morgan fingerprint density at radius 2 is 1.91 bits per heavy atom. The Morgan fingerprint density at radius 1 is 1.27 bits per heavy atom. The third kappa shape index (κ3) is 3.21. The summed E-state index contributed by atoms with van der Waals surface area (Å²) in [6.45, 7) is 0.917. The monoisotopic (exact) mass is 157 g/mol. The van der Waals surface area contributed by atoms with Gasteiger partial charge in [-0.3, -0.25) is 0 Å². The van der Waals surface area contributed by atoms with Gasteiger partial charge in [-0.15, -0.1) is 0 Å². The molecule has 1 rings (SSSR count). The van der Waals surface area contributed by atoms with Crippen LogP contribution in [0.25, 0.3) is 0 Å². The molecule has 1 fully saturated rings. The number of hydrogen-bond donors (Lipinski definition) is 1. The van der Waals surface area contributed by atoms with Crippen molar-refractivity contribution >= 4 is 0 Å². The van der Waals surface area contributed by atoms with E-state index < -0.39 is 0 Å². The van der Waals surface area contributed by atoms with Gasteiger partial charge < -0.3 is 10.5 Å². The molecule has 66 valence electrons. The molecule has 0 aromatic heterocycles. The van der Waals surface area contributed by atoms with E-state index in [0.29, 0.717) is 6.04 Å². The fourth-order valence-electron chi connectivity index (χ4n) is 1.76. The van der Waals surface area contributed by atoms with Gasteiger partial charge in [-0.2, -0.15) is 0 Å². The molecule has 1 aliphatic carbocycles. The molecule has 2 N–H and O–H groups in total. The van der Waals surface area contributed by atoms with Gasteiger partial charge >= 0.3 is 0 Å². The molecule has 0 atom stereocenters. The zero-order valence-corrected chi connectivity index (χ0v) is 7.38. The molecular formula is C9H19NO. The zero-order chi connectivity index (χ0) is 8.10. The molecule has 0 heterocycles. The number of ether oxygens (including phenoxy) is 1. The van der Waals surface area contributed by atoms with Crippen LogP contribution in [0.2, 0.25) is 0 Å². The van der Waals surface area contributed by atoms with Crippen molar-refractivity contribution in [2.75, 3.05) is 13.7 Å². The van der Waals surface area contributed by atoms with Gasteiger partial charge in [-0.05, 0) is 38.0 Å². The second kappa shape index (κ2) is 4.73. The van der Waals surface area contributed by atoms with Gasteiger partial charge in [0.1, 0.15) is 0 Å².